The van der Waals surface area contributed by atoms with Gasteiger partial charge in [-0.05, 0) is 41.8 Å². The third kappa shape index (κ3) is 4.92. The molecular formula is C20H17ClF3N3O3. The molecule has 0 fully saturated rings. The van der Waals surface area contributed by atoms with Gasteiger partial charge in [0.15, 0.2) is 0 Å². The first kappa shape index (κ1) is 21.7. The number of halogens is 4. The number of H-pyrrole nitrogens is 1. The van der Waals surface area contributed by atoms with Gasteiger partial charge in [0.25, 0.3) is 0 Å². The lowest BCUT2D eigenvalue weighted by molar-refractivity contribution is -0.137. The summed E-state index contributed by atoms with van der Waals surface area (Å²) in [5.41, 5.74) is 1.34. The Morgan fingerprint density at radius 2 is 1.80 bits per heavy atom. The quantitative estimate of drug-likeness (QED) is 0.457. The van der Waals surface area contributed by atoms with Crippen molar-refractivity contribution in [2.45, 2.75) is 19.1 Å². The van der Waals surface area contributed by atoms with Crippen molar-refractivity contribution < 1.29 is 27.9 Å². The van der Waals surface area contributed by atoms with Crippen LogP contribution in [0.25, 0.3) is 10.9 Å². The average Bonchev–Trinajstić information content (AvgIpc) is 3.07. The molecule has 0 aliphatic rings. The number of benzene rings is 2. The molecule has 2 amide bonds. The van der Waals surface area contributed by atoms with Gasteiger partial charge < -0.3 is 20.7 Å². The number of aliphatic hydroxyl groups excluding tert-OH is 1. The van der Waals surface area contributed by atoms with Gasteiger partial charge in [0.05, 0.1) is 16.3 Å². The molecule has 30 heavy (non-hydrogen) atoms. The summed E-state index contributed by atoms with van der Waals surface area (Å²) in [7, 11) is 0. The van der Waals surface area contributed by atoms with Crippen molar-refractivity contribution in [1.29, 1.82) is 0 Å². The Hall–Kier alpha value is -3.04. The molecule has 6 nitrogen and oxygen atoms in total. The Balaban J connectivity index is 1.64. The zero-order chi connectivity index (χ0) is 21.9. The largest absolute Gasteiger partial charge is 0.417 e. The lowest BCUT2D eigenvalue weighted by atomic mass is 10.1. The fourth-order valence-corrected chi connectivity index (χ4v) is 3.21. The van der Waals surface area contributed by atoms with E-state index in [9.17, 15) is 22.8 Å². The summed E-state index contributed by atoms with van der Waals surface area (Å²) in [6.07, 6.45) is -2.59. The molecule has 158 valence electrons. The van der Waals surface area contributed by atoms with Crippen LogP contribution in [0.4, 0.5) is 18.9 Å². The molecule has 1 aromatic heterocycles. The molecule has 4 N–H and O–H groups in total. The third-order valence-electron chi connectivity index (χ3n) is 4.39. The molecule has 1 heterocycles. The van der Waals surface area contributed by atoms with E-state index in [1.54, 1.807) is 12.1 Å². The van der Waals surface area contributed by atoms with Crippen LogP contribution in [0, 0.1) is 0 Å². The highest BCUT2D eigenvalue weighted by Gasteiger charge is 2.33. The molecule has 0 aliphatic carbocycles. The number of nitrogens with one attached hydrogen (secondary N) is 3. The van der Waals surface area contributed by atoms with E-state index in [-0.39, 0.29) is 13.2 Å². The molecule has 0 aliphatic heterocycles. The molecule has 0 saturated carbocycles. The predicted molar refractivity (Wildman–Crippen MR) is 106 cm³/mol. The number of hydrogen-bond donors (Lipinski definition) is 4. The standard InChI is InChI=1S/C20H17ClF3N3O3/c21-15-8-12(1-3-14(15)20(22,23)24)9-26-18(29)19(30)27-17-10-25-16-4-2-11(5-6-28)7-13(16)17/h1-4,7-8,10,25,28H,5-6,9H2,(H,26,29)(H,27,30). The van der Waals surface area contributed by atoms with Gasteiger partial charge in [-0.25, -0.2) is 0 Å². The first-order valence-electron chi connectivity index (χ1n) is 8.84. The van der Waals surface area contributed by atoms with Crippen LogP contribution in [-0.4, -0.2) is 28.5 Å². The van der Waals surface area contributed by atoms with Crippen LogP contribution < -0.4 is 10.6 Å². The van der Waals surface area contributed by atoms with Crippen LogP contribution >= 0.6 is 11.6 Å². The summed E-state index contributed by atoms with van der Waals surface area (Å²) < 4.78 is 38.2. The zero-order valence-corrected chi connectivity index (χ0v) is 16.2. The summed E-state index contributed by atoms with van der Waals surface area (Å²) in [6, 6.07) is 8.51. The monoisotopic (exact) mass is 439 g/mol. The van der Waals surface area contributed by atoms with Crippen molar-refractivity contribution in [3.05, 3.63) is 64.3 Å². The van der Waals surface area contributed by atoms with Gasteiger partial charge in [-0.2, -0.15) is 13.2 Å². The van der Waals surface area contributed by atoms with Crippen LogP contribution in [0.3, 0.4) is 0 Å². The van der Waals surface area contributed by atoms with E-state index in [2.05, 4.69) is 15.6 Å². The number of amides is 2. The van der Waals surface area contributed by atoms with Crippen LogP contribution in [0.1, 0.15) is 16.7 Å². The highest BCUT2D eigenvalue weighted by atomic mass is 35.5. The first-order valence-corrected chi connectivity index (χ1v) is 9.22. The fourth-order valence-electron chi connectivity index (χ4n) is 2.90. The van der Waals surface area contributed by atoms with Gasteiger partial charge in [0, 0.05) is 30.3 Å². The Kier molecular flexibility index (Phi) is 6.33. The number of rotatable bonds is 5. The summed E-state index contributed by atoms with van der Waals surface area (Å²) >= 11 is 5.65. The molecule has 2 aromatic carbocycles. The van der Waals surface area contributed by atoms with Crippen molar-refractivity contribution in [2.75, 3.05) is 11.9 Å². The second-order valence-corrected chi connectivity index (χ2v) is 6.91. The molecule has 0 bridgehead atoms. The Morgan fingerprint density at radius 1 is 1.07 bits per heavy atom. The maximum Gasteiger partial charge on any atom is 0.417 e. The molecule has 0 saturated heterocycles. The molecule has 3 aromatic rings. The van der Waals surface area contributed by atoms with E-state index in [1.165, 1.54) is 12.3 Å². The van der Waals surface area contributed by atoms with Crippen molar-refractivity contribution in [2.24, 2.45) is 0 Å². The molecule has 0 unspecified atom stereocenters. The highest BCUT2D eigenvalue weighted by molar-refractivity contribution is 6.40. The van der Waals surface area contributed by atoms with Crippen LogP contribution in [0.2, 0.25) is 5.02 Å². The first-order chi connectivity index (χ1) is 14.2. The van der Waals surface area contributed by atoms with Gasteiger partial charge in [-0.1, -0.05) is 23.7 Å². The molecule has 0 spiro atoms. The zero-order valence-electron chi connectivity index (χ0n) is 15.4. The number of anilines is 1. The molecule has 0 atom stereocenters. The van der Waals surface area contributed by atoms with Crippen molar-refractivity contribution in [3.63, 3.8) is 0 Å². The van der Waals surface area contributed by atoms with Gasteiger partial charge in [0.2, 0.25) is 0 Å². The van der Waals surface area contributed by atoms with E-state index in [0.29, 0.717) is 23.1 Å². The molecule has 10 heteroatoms. The van der Waals surface area contributed by atoms with Crippen LogP contribution in [0.5, 0.6) is 0 Å². The minimum Gasteiger partial charge on any atom is -0.396 e. The number of aliphatic hydroxyl groups is 1. The number of aromatic amines is 1. The van der Waals surface area contributed by atoms with Crippen LogP contribution in [0.15, 0.2) is 42.6 Å². The summed E-state index contributed by atoms with van der Waals surface area (Å²) in [6.45, 7) is -0.188. The Morgan fingerprint density at radius 3 is 2.47 bits per heavy atom. The van der Waals surface area contributed by atoms with Crippen molar-refractivity contribution in [3.8, 4) is 0 Å². The maximum absolute atomic E-state index is 12.7. The number of carbonyl (C=O) groups excluding carboxylic acids is 2. The number of fused-ring (bicyclic) bond motifs is 1. The third-order valence-corrected chi connectivity index (χ3v) is 4.71. The number of hydrogen-bond acceptors (Lipinski definition) is 3. The Labute approximate surface area is 174 Å². The second kappa shape index (κ2) is 8.76. The van der Waals surface area contributed by atoms with Crippen molar-refractivity contribution in [1.82, 2.24) is 10.3 Å². The molecule has 3 rings (SSSR count). The van der Waals surface area contributed by atoms with Gasteiger partial charge >= 0.3 is 18.0 Å². The van der Waals surface area contributed by atoms with Crippen LogP contribution in [-0.2, 0) is 28.7 Å². The fraction of sp³-hybridized carbons (Fsp3) is 0.200. The van der Waals surface area contributed by atoms with E-state index in [1.807, 2.05) is 6.07 Å². The van der Waals surface area contributed by atoms with Gasteiger partial charge in [-0.15, -0.1) is 0 Å². The van der Waals surface area contributed by atoms with E-state index in [0.717, 1.165) is 23.2 Å². The van der Waals surface area contributed by atoms with Crippen molar-refractivity contribution >= 4 is 40.0 Å². The Bertz CT molecular complexity index is 1100. The number of carbonyl (C=O) groups is 2. The smallest absolute Gasteiger partial charge is 0.396 e. The summed E-state index contributed by atoms with van der Waals surface area (Å²) in [4.78, 5) is 27.2. The highest BCUT2D eigenvalue weighted by Crippen LogP contribution is 2.34. The van der Waals surface area contributed by atoms with E-state index >= 15 is 0 Å². The molecule has 0 radical (unpaired) electrons. The van der Waals surface area contributed by atoms with E-state index < -0.39 is 28.6 Å². The minimum atomic E-state index is -4.57. The summed E-state index contributed by atoms with van der Waals surface area (Å²) in [5, 5.41) is 14.1. The second-order valence-electron chi connectivity index (χ2n) is 6.50. The van der Waals surface area contributed by atoms with Gasteiger partial charge in [0.1, 0.15) is 0 Å². The lowest BCUT2D eigenvalue weighted by Gasteiger charge is -2.11. The maximum atomic E-state index is 12.7. The predicted octanol–water partition coefficient (Wildman–Crippen LogP) is 3.63. The topological polar surface area (TPSA) is 94.2 Å². The number of aromatic nitrogens is 1. The number of alkyl halides is 3. The lowest BCUT2D eigenvalue weighted by Crippen LogP contribution is -2.34. The van der Waals surface area contributed by atoms with E-state index in [4.69, 9.17) is 16.7 Å². The SMILES string of the molecule is O=C(NCc1ccc(C(F)(F)F)c(Cl)c1)C(=O)Nc1c[nH]c2ccc(CCO)cc12. The molecular weight excluding hydrogens is 423 g/mol. The average molecular weight is 440 g/mol. The minimum absolute atomic E-state index is 0.0198. The van der Waals surface area contributed by atoms with Gasteiger partial charge in [-0.3, -0.25) is 9.59 Å². The normalized spacial score (nSPS) is 11.5. The summed E-state index contributed by atoms with van der Waals surface area (Å²) in [5.74, 6) is -1.88.